The van der Waals surface area contributed by atoms with Crippen LogP contribution in [0.2, 0.25) is 0 Å². The largest absolute Gasteiger partial charge is 0.359 e. The number of hydrogen-bond acceptors (Lipinski definition) is 2. The minimum Gasteiger partial charge on any atom is -0.359 e. The number of halogens is 1. The van der Waals surface area contributed by atoms with E-state index >= 15 is 0 Å². The predicted molar refractivity (Wildman–Crippen MR) is 93.0 cm³/mol. The molecule has 2 aromatic rings. The van der Waals surface area contributed by atoms with Crippen molar-refractivity contribution in [1.82, 2.24) is 20.4 Å². The fourth-order valence-corrected chi connectivity index (χ4v) is 1.89. The van der Waals surface area contributed by atoms with Crippen LogP contribution >= 0.6 is 24.0 Å². The minimum absolute atomic E-state index is 0. The third-order valence-corrected chi connectivity index (χ3v) is 2.87. The average molecular weight is 385 g/mol. The molecule has 0 saturated carbocycles. The third kappa shape index (κ3) is 3.96. The molecule has 0 aliphatic heterocycles. The number of rotatable bonds is 3. The average Bonchev–Trinajstić information content (AvgIpc) is 2.87. The van der Waals surface area contributed by atoms with E-state index in [9.17, 15) is 0 Å². The molecule has 1 aromatic carbocycles. The molecule has 6 heteroatoms. The van der Waals surface area contributed by atoms with Crippen molar-refractivity contribution in [2.45, 2.75) is 13.5 Å². The Bertz CT molecular complexity index is 576. The number of aliphatic imine (C=N–C) groups is 1. The summed E-state index contributed by atoms with van der Waals surface area (Å²) in [5.41, 5.74) is 3.26. The summed E-state index contributed by atoms with van der Waals surface area (Å²) in [6, 6.07) is 10.2. The number of hydrogen-bond donors (Lipinski definition) is 2. The van der Waals surface area contributed by atoms with Crippen molar-refractivity contribution in [3.8, 4) is 5.69 Å². The van der Waals surface area contributed by atoms with Crippen LogP contribution in [0.3, 0.4) is 0 Å². The van der Waals surface area contributed by atoms with Crippen LogP contribution < -0.4 is 10.6 Å². The summed E-state index contributed by atoms with van der Waals surface area (Å²) in [4.78, 5) is 4.10. The quantitative estimate of drug-likeness (QED) is 0.484. The van der Waals surface area contributed by atoms with E-state index in [0.29, 0.717) is 6.54 Å². The van der Waals surface area contributed by atoms with Gasteiger partial charge in [0.2, 0.25) is 0 Å². The molecule has 0 amide bonds. The summed E-state index contributed by atoms with van der Waals surface area (Å²) in [6.07, 6.45) is 1.97. The van der Waals surface area contributed by atoms with Gasteiger partial charge in [0.1, 0.15) is 0 Å². The molecular weight excluding hydrogens is 365 g/mol. The second-order valence-corrected chi connectivity index (χ2v) is 4.21. The van der Waals surface area contributed by atoms with Crippen LogP contribution in [0, 0.1) is 6.92 Å². The van der Waals surface area contributed by atoms with Crippen LogP contribution in [0.5, 0.6) is 0 Å². The normalized spacial score (nSPS) is 10.8. The van der Waals surface area contributed by atoms with Gasteiger partial charge in [0.25, 0.3) is 0 Å². The zero-order valence-electron chi connectivity index (χ0n) is 11.9. The molecule has 2 N–H and O–H groups in total. The molecule has 0 spiro atoms. The van der Waals surface area contributed by atoms with Gasteiger partial charge < -0.3 is 10.6 Å². The van der Waals surface area contributed by atoms with Gasteiger partial charge in [-0.3, -0.25) is 4.99 Å². The standard InChI is InChI=1S/C14H19N5.HI/c1-11-8-9-19(18-11)13-7-5-4-6-12(13)10-17-14(15-2)16-3;/h4-9H,10H2,1-3H3,(H2,15,16,17);1H. The Morgan fingerprint density at radius 1 is 1.30 bits per heavy atom. The summed E-state index contributed by atoms with van der Waals surface area (Å²) >= 11 is 0. The second kappa shape index (κ2) is 7.88. The molecule has 20 heavy (non-hydrogen) atoms. The molecule has 0 unspecified atom stereocenters. The van der Waals surface area contributed by atoms with Gasteiger partial charge in [-0.15, -0.1) is 24.0 Å². The Morgan fingerprint density at radius 2 is 2.05 bits per heavy atom. The lowest BCUT2D eigenvalue weighted by molar-refractivity contribution is 0.813. The molecule has 0 aliphatic rings. The summed E-state index contributed by atoms with van der Waals surface area (Å²) < 4.78 is 1.90. The van der Waals surface area contributed by atoms with Gasteiger partial charge in [-0.05, 0) is 24.6 Å². The smallest absolute Gasteiger partial charge is 0.190 e. The Balaban J connectivity index is 0.00000200. The molecule has 0 atom stereocenters. The van der Waals surface area contributed by atoms with E-state index < -0.39 is 0 Å². The van der Waals surface area contributed by atoms with Gasteiger partial charge in [-0.25, -0.2) is 4.68 Å². The molecule has 0 aliphatic carbocycles. The maximum atomic E-state index is 4.45. The molecule has 5 nitrogen and oxygen atoms in total. The highest BCUT2D eigenvalue weighted by Gasteiger charge is 2.05. The highest BCUT2D eigenvalue weighted by molar-refractivity contribution is 14.0. The first-order chi connectivity index (χ1) is 9.24. The minimum atomic E-state index is 0. The third-order valence-electron chi connectivity index (χ3n) is 2.87. The van der Waals surface area contributed by atoms with E-state index in [-0.39, 0.29) is 24.0 Å². The fraction of sp³-hybridized carbons (Fsp3) is 0.286. The number of aromatic nitrogens is 2. The Hall–Kier alpha value is -1.57. The molecular formula is C14H20IN5. The van der Waals surface area contributed by atoms with Crippen molar-refractivity contribution in [2.75, 3.05) is 14.1 Å². The first-order valence-corrected chi connectivity index (χ1v) is 6.23. The van der Waals surface area contributed by atoms with Crippen molar-refractivity contribution in [2.24, 2.45) is 4.99 Å². The van der Waals surface area contributed by atoms with E-state index in [1.165, 1.54) is 5.56 Å². The number of guanidine groups is 1. The van der Waals surface area contributed by atoms with E-state index in [2.05, 4.69) is 32.9 Å². The van der Waals surface area contributed by atoms with Gasteiger partial charge >= 0.3 is 0 Å². The molecule has 2 rings (SSSR count). The molecule has 108 valence electrons. The predicted octanol–water partition coefficient (Wildman–Crippen LogP) is 2.09. The van der Waals surface area contributed by atoms with Crippen LogP contribution in [0.15, 0.2) is 41.5 Å². The number of benzene rings is 1. The monoisotopic (exact) mass is 385 g/mol. The molecule has 0 radical (unpaired) electrons. The van der Waals surface area contributed by atoms with Gasteiger partial charge in [0, 0.05) is 26.8 Å². The van der Waals surface area contributed by atoms with Crippen LogP contribution in [0.1, 0.15) is 11.3 Å². The van der Waals surface area contributed by atoms with Gasteiger partial charge in [-0.1, -0.05) is 18.2 Å². The zero-order chi connectivity index (χ0) is 13.7. The van der Waals surface area contributed by atoms with Crippen LogP contribution in [0.4, 0.5) is 0 Å². The second-order valence-electron chi connectivity index (χ2n) is 4.21. The Morgan fingerprint density at radius 3 is 2.65 bits per heavy atom. The Kier molecular flexibility index (Phi) is 6.50. The van der Waals surface area contributed by atoms with Crippen molar-refractivity contribution in [3.63, 3.8) is 0 Å². The number of para-hydroxylation sites is 1. The van der Waals surface area contributed by atoms with E-state index in [1.54, 1.807) is 7.05 Å². The van der Waals surface area contributed by atoms with Crippen molar-refractivity contribution < 1.29 is 0 Å². The maximum Gasteiger partial charge on any atom is 0.190 e. The van der Waals surface area contributed by atoms with Crippen LogP contribution in [-0.4, -0.2) is 29.8 Å². The lowest BCUT2D eigenvalue weighted by atomic mass is 10.2. The number of nitrogens with one attached hydrogen (secondary N) is 2. The SMILES string of the molecule is CN=C(NC)NCc1ccccc1-n1ccc(C)n1.I. The summed E-state index contributed by atoms with van der Waals surface area (Å²) in [6.45, 7) is 2.68. The fourth-order valence-electron chi connectivity index (χ4n) is 1.89. The first-order valence-electron chi connectivity index (χ1n) is 6.23. The topological polar surface area (TPSA) is 54.2 Å². The summed E-state index contributed by atoms with van der Waals surface area (Å²) in [7, 11) is 3.60. The number of nitrogens with zero attached hydrogens (tertiary/aromatic N) is 3. The van der Waals surface area contributed by atoms with E-state index in [4.69, 9.17) is 0 Å². The highest BCUT2D eigenvalue weighted by atomic mass is 127. The molecule has 0 bridgehead atoms. The van der Waals surface area contributed by atoms with Crippen molar-refractivity contribution >= 4 is 29.9 Å². The molecule has 1 heterocycles. The highest BCUT2D eigenvalue weighted by Crippen LogP contribution is 2.13. The zero-order valence-corrected chi connectivity index (χ0v) is 14.3. The van der Waals surface area contributed by atoms with E-state index in [0.717, 1.165) is 17.3 Å². The van der Waals surface area contributed by atoms with Gasteiger partial charge in [-0.2, -0.15) is 5.10 Å². The molecule has 0 saturated heterocycles. The summed E-state index contributed by atoms with van der Waals surface area (Å²) in [5, 5.41) is 10.7. The lowest BCUT2D eigenvalue weighted by Crippen LogP contribution is -2.34. The van der Waals surface area contributed by atoms with Crippen molar-refractivity contribution in [1.29, 1.82) is 0 Å². The van der Waals surface area contributed by atoms with Crippen molar-refractivity contribution in [3.05, 3.63) is 47.8 Å². The summed E-state index contributed by atoms with van der Waals surface area (Å²) in [5.74, 6) is 0.770. The van der Waals surface area contributed by atoms with Crippen LogP contribution in [0.25, 0.3) is 5.69 Å². The molecule has 0 fully saturated rings. The molecule has 1 aromatic heterocycles. The Labute approximate surface area is 136 Å². The lowest BCUT2D eigenvalue weighted by Gasteiger charge is -2.12. The number of aryl methyl sites for hydroxylation is 1. The van der Waals surface area contributed by atoms with E-state index in [1.807, 2.05) is 43.0 Å². The first kappa shape index (κ1) is 16.5. The van der Waals surface area contributed by atoms with Gasteiger partial charge in [0.15, 0.2) is 5.96 Å². The van der Waals surface area contributed by atoms with Crippen LogP contribution in [-0.2, 0) is 6.54 Å². The maximum absolute atomic E-state index is 4.45. The van der Waals surface area contributed by atoms with Gasteiger partial charge in [0.05, 0.1) is 11.4 Å².